The van der Waals surface area contributed by atoms with Gasteiger partial charge in [0.2, 0.25) is 0 Å². The Balaban J connectivity index is 1.53. The summed E-state index contributed by atoms with van der Waals surface area (Å²) < 4.78 is 43.9. The van der Waals surface area contributed by atoms with Crippen molar-refractivity contribution in [3.63, 3.8) is 0 Å². The fourth-order valence-corrected chi connectivity index (χ4v) is 3.33. The van der Waals surface area contributed by atoms with Crippen LogP contribution in [0.4, 0.5) is 13.2 Å². The molecule has 0 atom stereocenters. The van der Waals surface area contributed by atoms with Crippen LogP contribution in [0.3, 0.4) is 0 Å². The van der Waals surface area contributed by atoms with Gasteiger partial charge in [0.25, 0.3) is 0 Å². The van der Waals surface area contributed by atoms with Gasteiger partial charge in [-0.1, -0.05) is 42.5 Å². The van der Waals surface area contributed by atoms with E-state index in [0.29, 0.717) is 19.4 Å². The van der Waals surface area contributed by atoms with Gasteiger partial charge in [0.05, 0.1) is 5.92 Å². The van der Waals surface area contributed by atoms with E-state index in [0.717, 1.165) is 16.9 Å². The number of alkyl halides is 3. The van der Waals surface area contributed by atoms with E-state index in [1.165, 1.54) is 0 Å². The molecular formula is C20H21F3O. The maximum absolute atomic E-state index is 12.7. The summed E-state index contributed by atoms with van der Waals surface area (Å²) in [4.78, 5) is 0. The first-order valence-electron chi connectivity index (χ1n) is 8.36. The number of halogens is 3. The Labute approximate surface area is 140 Å². The third-order valence-corrected chi connectivity index (χ3v) is 4.79. The van der Waals surface area contributed by atoms with Gasteiger partial charge in [-0.25, -0.2) is 0 Å². The van der Waals surface area contributed by atoms with Crippen molar-refractivity contribution in [3.8, 4) is 5.75 Å². The predicted octanol–water partition coefficient (Wildman–Crippen LogP) is 6.10. The molecule has 1 aliphatic carbocycles. The minimum atomic E-state index is -4.04. The van der Waals surface area contributed by atoms with Crippen molar-refractivity contribution < 1.29 is 17.9 Å². The lowest BCUT2D eigenvalue weighted by atomic mass is 9.78. The molecule has 0 spiro atoms. The van der Waals surface area contributed by atoms with E-state index in [2.05, 4.69) is 0 Å². The largest absolute Gasteiger partial charge is 0.489 e. The van der Waals surface area contributed by atoms with E-state index in [4.69, 9.17) is 4.74 Å². The lowest BCUT2D eigenvalue weighted by Crippen LogP contribution is -2.27. The molecule has 1 saturated carbocycles. The molecule has 24 heavy (non-hydrogen) atoms. The van der Waals surface area contributed by atoms with Gasteiger partial charge in [-0.3, -0.25) is 0 Å². The van der Waals surface area contributed by atoms with Gasteiger partial charge in [0, 0.05) is 0 Å². The highest BCUT2D eigenvalue weighted by molar-refractivity contribution is 5.30. The summed E-state index contributed by atoms with van der Waals surface area (Å²) in [6.45, 7) is 0.511. The molecule has 4 heteroatoms. The summed E-state index contributed by atoms with van der Waals surface area (Å²) in [5, 5.41) is 0. The first-order valence-corrected chi connectivity index (χ1v) is 8.36. The second-order valence-electron chi connectivity index (χ2n) is 6.43. The molecule has 0 heterocycles. The number of rotatable bonds is 4. The van der Waals surface area contributed by atoms with Gasteiger partial charge in [0.15, 0.2) is 0 Å². The zero-order chi connectivity index (χ0) is 17.0. The maximum atomic E-state index is 12.7. The molecule has 0 saturated heterocycles. The molecule has 1 aliphatic rings. The quantitative estimate of drug-likeness (QED) is 0.656. The first-order chi connectivity index (χ1) is 11.5. The topological polar surface area (TPSA) is 9.23 Å². The molecule has 2 aromatic rings. The van der Waals surface area contributed by atoms with Gasteiger partial charge in [-0.05, 0) is 54.9 Å². The molecule has 1 nitrogen and oxygen atoms in total. The highest BCUT2D eigenvalue weighted by atomic mass is 19.4. The summed E-state index contributed by atoms with van der Waals surface area (Å²) in [6, 6.07) is 17.7. The zero-order valence-corrected chi connectivity index (χ0v) is 13.4. The molecule has 0 aliphatic heterocycles. The van der Waals surface area contributed by atoms with Crippen LogP contribution in [0, 0.1) is 5.92 Å². The fourth-order valence-electron chi connectivity index (χ4n) is 3.33. The van der Waals surface area contributed by atoms with E-state index in [-0.39, 0.29) is 18.8 Å². The van der Waals surface area contributed by atoms with Crippen molar-refractivity contribution in [1.82, 2.24) is 0 Å². The van der Waals surface area contributed by atoms with Crippen molar-refractivity contribution in [3.05, 3.63) is 65.7 Å². The second kappa shape index (κ2) is 7.29. The molecule has 0 N–H and O–H groups in total. The van der Waals surface area contributed by atoms with Gasteiger partial charge < -0.3 is 4.74 Å². The Bertz CT molecular complexity index is 626. The van der Waals surface area contributed by atoms with Crippen molar-refractivity contribution in [2.45, 2.75) is 44.4 Å². The van der Waals surface area contributed by atoms with E-state index < -0.39 is 12.1 Å². The van der Waals surface area contributed by atoms with Crippen LogP contribution >= 0.6 is 0 Å². The van der Waals surface area contributed by atoms with E-state index in [1.54, 1.807) is 0 Å². The highest BCUT2D eigenvalue weighted by Crippen LogP contribution is 2.43. The maximum Gasteiger partial charge on any atom is 0.391 e. The van der Waals surface area contributed by atoms with E-state index >= 15 is 0 Å². The second-order valence-corrected chi connectivity index (χ2v) is 6.43. The van der Waals surface area contributed by atoms with Crippen LogP contribution in [0.2, 0.25) is 0 Å². The fraction of sp³-hybridized carbons (Fsp3) is 0.400. The Hall–Kier alpha value is -1.97. The van der Waals surface area contributed by atoms with E-state index in [1.807, 2.05) is 54.6 Å². The number of benzene rings is 2. The number of ether oxygens (including phenoxy) is 1. The van der Waals surface area contributed by atoms with Crippen molar-refractivity contribution in [2.24, 2.45) is 5.92 Å². The average Bonchev–Trinajstić information content (AvgIpc) is 2.61. The Morgan fingerprint density at radius 3 is 2.04 bits per heavy atom. The van der Waals surface area contributed by atoms with Gasteiger partial charge in [0.1, 0.15) is 12.4 Å². The monoisotopic (exact) mass is 334 g/mol. The van der Waals surface area contributed by atoms with Crippen molar-refractivity contribution >= 4 is 0 Å². The molecule has 0 radical (unpaired) electrons. The van der Waals surface area contributed by atoms with Crippen LogP contribution in [0.25, 0.3) is 0 Å². The van der Waals surface area contributed by atoms with Crippen molar-refractivity contribution in [2.75, 3.05) is 0 Å². The van der Waals surface area contributed by atoms with Crippen LogP contribution in [0.5, 0.6) is 5.75 Å². The third-order valence-electron chi connectivity index (χ3n) is 4.79. The molecular weight excluding hydrogens is 313 g/mol. The molecule has 128 valence electrons. The SMILES string of the molecule is FC(F)(F)[C@H]1CC[C@H](c2ccc(OCc3ccccc3)cc2)CC1. The normalized spacial score (nSPS) is 21.5. The molecule has 0 unspecified atom stereocenters. The molecule has 0 bridgehead atoms. The lowest BCUT2D eigenvalue weighted by Gasteiger charge is -2.30. The van der Waals surface area contributed by atoms with Crippen LogP contribution in [0.15, 0.2) is 54.6 Å². The zero-order valence-electron chi connectivity index (χ0n) is 13.4. The Kier molecular flexibility index (Phi) is 5.12. The first kappa shape index (κ1) is 16.9. The lowest BCUT2D eigenvalue weighted by molar-refractivity contribution is -0.182. The summed E-state index contributed by atoms with van der Waals surface area (Å²) in [5.41, 5.74) is 2.22. The smallest absolute Gasteiger partial charge is 0.391 e. The molecule has 0 aromatic heterocycles. The number of hydrogen-bond donors (Lipinski definition) is 0. The average molecular weight is 334 g/mol. The summed E-state index contributed by atoms with van der Waals surface area (Å²) in [5.74, 6) is -0.111. The molecule has 0 amide bonds. The Morgan fingerprint density at radius 2 is 1.46 bits per heavy atom. The molecule has 2 aromatic carbocycles. The minimum absolute atomic E-state index is 0.228. The standard InChI is InChI=1S/C20H21F3O/c21-20(22,23)18-10-6-16(7-11-18)17-8-12-19(13-9-17)24-14-15-4-2-1-3-5-15/h1-5,8-9,12-13,16,18H,6-7,10-11,14H2/t16-,18-. The summed E-state index contributed by atoms with van der Waals surface area (Å²) in [6.07, 6.45) is -2.36. The highest BCUT2D eigenvalue weighted by Gasteiger charge is 2.41. The van der Waals surface area contributed by atoms with Gasteiger partial charge in [-0.15, -0.1) is 0 Å². The van der Waals surface area contributed by atoms with Crippen LogP contribution < -0.4 is 4.74 Å². The van der Waals surface area contributed by atoms with Gasteiger partial charge >= 0.3 is 6.18 Å². The van der Waals surface area contributed by atoms with Gasteiger partial charge in [-0.2, -0.15) is 13.2 Å². The van der Waals surface area contributed by atoms with Crippen LogP contribution in [-0.2, 0) is 6.61 Å². The minimum Gasteiger partial charge on any atom is -0.489 e. The van der Waals surface area contributed by atoms with Crippen LogP contribution in [0.1, 0.15) is 42.7 Å². The molecule has 1 fully saturated rings. The van der Waals surface area contributed by atoms with Crippen LogP contribution in [-0.4, -0.2) is 6.18 Å². The predicted molar refractivity (Wildman–Crippen MR) is 88.0 cm³/mol. The number of hydrogen-bond acceptors (Lipinski definition) is 1. The van der Waals surface area contributed by atoms with E-state index in [9.17, 15) is 13.2 Å². The van der Waals surface area contributed by atoms with Crippen molar-refractivity contribution in [1.29, 1.82) is 0 Å². The summed E-state index contributed by atoms with van der Waals surface area (Å²) in [7, 11) is 0. The molecule has 3 rings (SSSR count). The third kappa shape index (κ3) is 4.31. The Morgan fingerprint density at radius 1 is 0.833 bits per heavy atom. The summed E-state index contributed by atoms with van der Waals surface area (Å²) >= 11 is 0.